The molecule has 1 fully saturated rings. The Labute approximate surface area is 206 Å². The number of carbonyl (C=O) groups excluding carboxylic acids is 3. The molecule has 13 heteroatoms. The van der Waals surface area contributed by atoms with Gasteiger partial charge in [-0.25, -0.2) is 4.39 Å². The second-order valence-electron chi connectivity index (χ2n) is 8.65. The molecule has 0 spiro atoms. The lowest BCUT2D eigenvalue weighted by molar-refractivity contribution is -0.143. The molecule has 6 nitrogen and oxygen atoms in total. The van der Waals surface area contributed by atoms with Crippen molar-refractivity contribution >= 4 is 17.7 Å². The summed E-state index contributed by atoms with van der Waals surface area (Å²) in [7, 11) is 0. The van der Waals surface area contributed by atoms with E-state index < -0.39 is 58.5 Å². The second-order valence-corrected chi connectivity index (χ2v) is 8.65. The fourth-order valence-corrected chi connectivity index (χ4v) is 3.98. The molecule has 0 unspecified atom stereocenters. The van der Waals surface area contributed by atoms with Gasteiger partial charge in [0.05, 0.1) is 16.7 Å². The molecule has 0 aliphatic heterocycles. The number of nitrogens with one attached hydrogen (secondary N) is 3. The summed E-state index contributed by atoms with van der Waals surface area (Å²) in [6, 6.07) is 5.92. The van der Waals surface area contributed by atoms with Crippen molar-refractivity contribution in [3.63, 3.8) is 0 Å². The van der Waals surface area contributed by atoms with Gasteiger partial charge in [-0.15, -0.1) is 0 Å². The molecule has 0 saturated heterocycles. The minimum atomic E-state index is -5.12. The van der Waals surface area contributed by atoms with E-state index in [0.29, 0.717) is 25.7 Å². The highest BCUT2D eigenvalue weighted by molar-refractivity contribution is 5.96. The Bertz CT molecular complexity index is 1120. The van der Waals surface area contributed by atoms with Crippen LogP contribution >= 0.6 is 0 Å². The Morgan fingerprint density at radius 1 is 0.784 bits per heavy atom. The van der Waals surface area contributed by atoms with Gasteiger partial charge in [0.25, 0.3) is 11.8 Å². The zero-order valence-electron chi connectivity index (χ0n) is 19.1. The predicted molar refractivity (Wildman–Crippen MR) is 116 cm³/mol. The molecule has 3 N–H and O–H groups in total. The van der Waals surface area contributed by atoms with Crippen LogP contribution in [-0.4, -0.2) is 24.3 Å². The molecule has 3 rings (SSSR count). The van der Waals surface area contributed by atoms with Crippen LogP contribution in [0.15, 0.2) is 42.5 Å². The van der Waals surface area contributed by atoms with Crippen molar-refractivity contribution in [3.8, 4) is 0 Å². The van der Waals surface area contributed by atoms with Gasteiger partial charge in [-0.05, 0) is 61.9 Å². The Morgan fingerprint density at radius 2 is 1.35 bits per heavy atom. The molecule has 1 saturated carbocycles. The van der Waals surface area contributed by atoms with Gasteiger partial charge in [-0.1, -0.05) is 12.1 Å². The van der Waals surface area contributed by atoms with E-state index in [9.17, 15) is 45.1 Å². The molecule has 0 atom stereocenters. The molecule has 37 heavy (non-hydrogen) atoms. The van der Waals surface area contributed by atoms with Crippen LogP contribution in [-0.2, 0) is 17.1 Å². The van der Waals surface area contributed by atoms with Gasteiger partial charge in [0.2, 0.25) is 5.91 Å². The van der Waals surface area contributed by atoms with Gasteiger partial charge in [0.15, 0.2) is 0 Å². The summed E-state index contributed by atoms with van der Waals surface area (Å²) in [5.41, 5.74) is -0.405. The number of carbonyl (C=O) groups is 3. The maximum Gasteiger partial charge on any atom is 0.416 e. The Kier molecular flexibility index (Phi) is 8.44. The van der Waals surface area contributed by atoms with Crippen LogP contribution in [0.3, 0.4) is 0 Å². The van der Waals surface area contributed by atoms with Gasteiger partial charge in [-0.2, -0.15) is 26.3 Å². The molecule has 200 valence electrons. The van der Waals surface area contributed by atoms with Crippen LogP contribution in [0, 0.1) is 17.7 Å². The van der Waals surface area contributed by atoms with Gasteiger partial charge in [-0.3, -0.25) is 25.2 Å². The standard InChI is InChI=1S/C24H22F7N3O3/c25-19-4-2-1-3-18(19)22(37)32-12-13-5-7-14(8-6-13)20(35)33-34-21(36)15-9-16(23(26,27)28)11-17(10-15)24(29,30)31/h1-4,9-11,13-14H,5-8,12H2,(H,32,37)(H,33,35)(H,34,36). The first-order valence-corrected chi connectivity index (χ1v) is 11.2. The molecular weight excluding hydrogens is 511 g/mol. The predicted octanol–water partition coefficient (Wildman–Crippen LogP) is 4.86. The number of halogens is 7. The van der Waals surface area contributed by atoms with E-state index in [0.717, 1.165) is 0 Å². The first kappa shape index (κ1) is 27.9. The minimum Gasteiger partial charge on any atom is -0.352 e. The Hall–Kier alpha value is -3.64. The summed E-state index contributed by atoms with van der Waals surface area (Å²) in [5.74, 6) is -3.75. The summed E-state index contributed by atoms with van der Waals surface area (Å²) in [6.07, 6.45) is -8.47. The molecule has 1 aliphatic rings. The van der Waals surface area contributed by atoms with Crippen molar-refractivity contribution in [1.29, 1.82) is 0 Å². The SMILES string of the molecule is O=C(NNC(=O)C1CCC(CNC(=O)c2ccccc2F)CC1)c1cc(C(F)(F)F)cc(C(F)(F)F)c1. The van der Waals surface area contributed by atoms with Gasteiger partial charge in [0, 0.05) is 18.0 Å². The van der Waals surface area contributed by atoms with Crippen molar-refractivity contribution in [1.82, 2.24) is 16.2 Å². The lowest BCUT2D eigenvalue weighted by Crippen LogP contribution is -2.45. The highest BCUT2D eigenvalue weighted by Crippen LogP contribution is 2.36. The number of hydrogen-bond donors (Lipinski definition) is 3. The quantitative estimate of drug-likeness (QED) is 0.379. The fraction of sp³-hybridized carbons (Fsp3) is 0.375. The number of alkyl halides is 6. The number of benzene rings is 2. The third-order valence-electron chi connectivity index (χ3n) is 6.04. The minimum absolute atomic E-state index is 0.0141. The molecule has 3 amide bonds. The van der Waals surface area contributed by atoms with Crippen LogP contribution in [0.25, 0.3) is 0 Å². The summed E-state index contributed by atoms with van der Waals surface area (Å²) in [4.78, 5) is 36.7. The van der Waals surface area contributed by atoms with Crippen LogP contribution < -0.4 is 16.2 Å². The maximum atomic E-state index is 13.7. The topological polar surface area (TPSA) is 87.3 Å². The highest BCUT2D eigenvalue weighted by Gasteiger charge is 2.37. The normalized spacial score (nSPS) is 18.1. The largest absolute Gasteiger partial charge is 0.416 e. The summed E-state index contributed by atoms with van der Waals surface area (Å²) < 4.78 is 91.6. The van der Waals surface area contributed by atoms with Crippen molar-refractivity contribution < 1.29 is 45.1 Å². The number of hydrazine groups is 1. The monoisotopic (exact) mass is 533 g/mol. The first-order valence-electron chi connectivity index (χ1n) is 11.2. The average molecular weight is 533 g/mol. The van der Waals surface area contributed by atoms with Crippen LogP contribution in [0.2, 0.25) is 0 Å². The van der Waals surface area contributed by atoms with Crippen molar-refractivity contribution in [3.05, 3.63) is 70.5 Å². The van der Waals surface area contributed by atoms with Gasteiger partial charge in [0.1, 0.15) is 5.82 Å². The third-order valence-corrected chi connectivity index (χ3v) is 6.04. The molecule has 0 radical (unpaired) electrons. The van der Waals surface area contributed by atoms with E-state index in [2.05, 4.69) is 5.32 Å². The zero-order chi connectivity index (χ0) is 27.4. The zero-order valence-corrected chi connectivity index (χ0v) is 19.1. The molecule has 0 bridgehead atoms. The molecule has 2 aromatic rings. The maximum absolute atomic E-state index is 13.7. The molecule has 2 aromatic carbocycles. The first-order chi connectivity index (χ1) is 17.3. The smallest absolute Gasteiger partial charge is 0.352 e. The summed E-state index contributed by atoms with van der Waals surface area (Å²) in [5, 5.41) is 2.65. The molecular formula is C24H22F7N3O3. The summed E-state index contributed by atoms with van der Waals surface area (Å²) in [6.45, 7) is 0.259. The van der Waals surface area contributed by atoms with Crippen LogP contribution in [0.5, 0.6) is 0 Å². The second kappa shape index (κ2) is 11.2. The highest BCUT2D eigenvalue weighted by atomic mass is 19.4. The third kappa shape index (κ3) is 7.43. The summed E-state index contributed by atoms with van der Waals surface area (Å²) >= 11 is 0. The molecule has 1 aliphatic carbocycles. The van der Waals surface area contributed by atoms with E-state index in [1.165, 1.54) is 24.3 Å². The fourth-order valence-electron chi connectivity index (χ4n) is 3.98. The van der Waals surface area contributed by atoms with E-state index in [4.69, 9.17) is 0 Å². The lowest BCUT2D eigenvalue weighted by atomic mass is 9.81. The number of rotatable bonds is 5. The average Bonchev–Trinajstić information content (AvgIpc) is 2.85. The van der Waals surface area contributed by atoms with E-state index in [1.54, 1.807) is 0 Å². The van der Waals surface area contributed by atoms with Crippen molar-refractivity contribution in [2.24, 2.45) is 11.8 Å². The van der Waals surface area contributed by atoms with E-state index in [1.807, 2.05) is 10.9 Å². The van der Waals surface area contributed by atoms with E-state index in [-0.39, 0.29) is 36.2 Å². The molecule has 0 heterocycles. The van der Waals surface area contributed by atoms with Crippen LogP contribution in [0.1, 0.15) is 57.5 Å². The Balaban J connectivity index is 1.51. The lowest BCUT2D eigenvalue weighted by Gasteiger charge is -2.28. The van der Waals surface area contributed by atoms with Gasteiger partial charge >= 0.3 is 12.4 Å². The van der Waals surface area contributed by atoms with Crippen LogP contribution in [0.4, 0.5) is 30.7 Å². The number of hydrogen-bond acceptors (Lipinski definition) is 3. The van der Waals surface area contributed by atoms with Crippen molar-refractivity contribution in [2.45, 2.75) is 38.0 Å². The molecule has 0 aromatic heterocycles. The Morgan fingerprint density at radius 3 is 1.89 bits per heavy atom. The van der Waals surface area contributed by atoms with Crippen molar-refractivity contribution in [2.75, 3.05) is 6.54 Å². The van der Waals surface area contributed by atoms with E-state index >= 15 is 0 Å². The number of amides is 3. The van der Waals surface area contributed by atoms with Gasteiger partial charge < -0.3 is 5.32 Å².